The number of rotatable bonds is 6. The number of likely N-dealkylation sites (tertiary alicyclic amines) is 1. The molecule has 1 saturated heterocycles. The number of H-pyrrole nitrogens is 1. The number of hydrogen-bond acceptors (Lipinski definition) is 3. The van der Waals surface area contributed by atoms with E-state index < -0.39 is 0 Å². The fourth-order valence-corrected chi connectivity index (χ4v) is 4.05. The smallest absolute Gasteiger partial charge is 0.270 e. The first-order chi connectivity index (χ1) is 13.6. The highest BCUT2D eigenvalue weighted by atomic mass is 35.5. The van der Waals surface area contributed by atoms with Gasteiger partial charge in [0.1, 0.15) is 5.69 Å². The first kappa shape index (κ1) is 18.8. The van der Waals surface area contributed by atoms with E-state index in [0.717, 1.165) is 49.1 Å². The zero-order valence-electron chi connectivity index (χ0n) is 15.7. The van der Waals surface area contributed by atoms with Crippen molar-refractivity contribution >= 4 is 34.1 Å². The normalized spacial score (nSPS) is 16.6. The van der Waals surface area contributed by atoms with Gasteiger partial charge in [0, 0.05) is 30.0 Å². The van der Waals surface area contributed by atoms with Gasteiger partial charge in [0.25, 0.3) is 5.91 Å². The maximum absolute atomic E-state index is 12.9. The summed E-state index contributed by atoms with van der Waals surface area (Å²) in [4.78, 5) is 18.1. The van der Waals surface area contributed by atoms with E-state index in [-0.39, 0.29) is 5.91 Å². The Morgan fingerprint density at radius 2 is 2.07 bits per heavy atom. The molecule has 1 aliphatic rings. The Morgan fingerprint density at radius 3 is 2.82 bits per heavy atom. The second-order valence-electron chi connectivity index (χ2n) is 7.40. The molecule has 1 amide bonds. The summed E-state index contributed by atoms with van der Waals surface area (Å²) in [6.07, 6.45) is 1.89. The Labute approximate surface area is 169 Å². The number of hydrogen-bond donors (Lipinski definition) is 3. The standard InChI is InChI=1S/C22H25ClN4O/c23-18-10-17-11-20(22(28)27-9-7-16(13-24)14-27)26-21(17)19(12-18)25-8-6-15-4-2-1-3-5-15/h1-5,10-12,16,25-26H,6-9,13-14,24H2. The van der Waals surface area contributed by atoms with Crippen molar-refractivity contribution in [2.45, 2.75) is 12.8 Å². The molecule has 1 aromatic heterocycles. The van der Waals surface area contributed by atoms with Crippen molar-refractivity contribution in [3.05, 3.63) is 64.8 Å². The Hall–Kier alpha value is -2.50. The topological polar surface area (TPSA) is 74.2 Å². The summed E-state index contributed by atoms with van der Waals surface area (Å²) in [6.45, 7) is 2.90. The average molecular weight is 397 g/mol. The van der Waals surface area contributed by atoms with Gasteiger partial charge >= 0.3 is 0 Å². The second-order valence-corrected chi connectivity index (χ2v) is 7.84. The molecule has 1 unspecified atom stereocenters. The second kappa shape index (κ2) is 8.25. The Balaban J connectivity index is 1.52. The van der Waals surface area contributed by atoms with Crippen LogP contribution >= 0.6 is 11.6 Å². The van der Waals surface area contributed by atoms with Gasteiger partial charge in [0.2, 0.25) is 0 Å². The summed E-state index contributed by atoms with van der Waals surface area (Å²) in [5, 5.41) is 5.05. The van der Waals surface area contributed by atoms with E-state index in [4.69, 9.17) is 17.3 Å². The van der Waals surface area contributed by atoms with E-state index >= 15 is 0 Å². The number of carbonyl (C=O) groups excluding carboxylic acids is 1. The number of nitrogens with one attached hydrogen (secondary N) is 2. The maximum atomic E-state index is 12.9. The van der Waals surface area contributed by atoms with Crippen molar-refractivity contribution in [2.75, 3.05) is 31.5 Å². The van der Waals surface area contributed by atoms with Crippen LogP contribution in [0.3, 0.4) is 0 Å². The van der Waals surface area contributed by atoms with Crippen molar-refractivity contribution in [3.8, 4) is 0 Å². The highest BCUT2D eigenvalue weighted by molar-refractivity contribution is 6.32. The molecule has 4 rings (SSSR count). The first-order valence-corrected chi connectivity index (χ1v) is 10.1. The number of halogens is 1. The molecule has 0 saturated carbocycles. The molecule has 2 aromatic carbocycles. The van der Waals surface area contributed by atoms with Gasteiger partial charge < -0.3 is 20.9 Å². The van der Waals surface area contributed by atoms with Crippen molar-refractivity contribution < 1.29 is 4.79 Å². The van der Waals surface area contributed by atoms with Crippen LogP contribution in [0.1, 0.15) is 22.5 Å². The summed E-state index contributed by atoms with van der Waals surface area (Å²) >= 11 is 6.31. The van der Waals surface area contributed by atoms with Crippen LogP contribution in [0, 0.1) is 5.92 Å². The monoisotopic (exact) mass is 396 g/mol. The van der Waals surface area contributed by atoms with E-state index in [0.29, 0.717) is 23.2 Å². The lowest BCUT2D eigenvalue weighted by molar-refractivity contribution is 0.0783. The lowest BCUT2D eigenvalue weighted by atomic mass is 10.1. The molecule has 1 atom stereocenters. The minimum absolute atomic E-state index is 0.0264. The molecule has 0 bridgehead atoms. The van der Waals surface area contributed by atoms with E-state index in [1.54, 1.807) is 0 Å². The molecule has 4 N–H and O–H groups in total. The average Bonchev–Trinajstić information content (AvgIpc) is 3.35. The summed E-state index contributed by atoms with van der Waals surface area (Å²) in [6, 6.07) is 16.0. The molecule has 0 radical (unpaired) electrons. The third kappa shape index (κ3) is 4.01. The zero-order valence-corrected chi connectivity index (χ0v) is 16.5. The van der Waals surface area contributed by atoms with Gasteiger partial charge in [-0.05, 0) is 49.1 Å². The zero-order chi connectivity index (χ0) is 19.5. The van der Waals surface area contributed by atoms with Crippen LogP contribution in [0.15, 0.2) is 48.5 Å². The number of benzene rings is 2. The molecule has 2 heterocycles. The lowest BCUT2D eigenvalue weighted by Crippen LogP contribution is -2.30. The maximum Gasteiger partial charge on any atom is 0.270 e. The molecule has 146 valence electrons. The SMILES string of the molecule is NCC1CCN(C(=O)c2cc3cc(Cl)cc(NCCc4ccccc4)c3[nH]2)C1. The molecule has 28 heavy (non-hydrogen) atoms. The minimum Gasteiger partial charge on any atom is -0.383 e. The summed E-state index contributed by atoms with van der Waals surface area (Å²) in [7, 11) is 0. The van der Waals surface area contributed by atoms with Crippen LogP contribution in [0.5, 0.6) is 0 Å². The van der Waals surface area contributed by atoms with Crippen molar-refractivity contribution in [1.82, 2.24) is 9.88 Å². The van der Waals surface area contributed by atoms with Crippen LogP contribution in [0.4, 0.5) is 5.69 Å². The molecular weight excluding hydrogens is 372 g/mol. The third-order valence-electron chi connectivity index (χ3n) is 5.40. The Morgan fingerprint density at radius 1 is 1.25 bits per heavy atom. The summed E-state index contributed by atoms with van der Waals surface area (Å²) < 4.78 is 0. The van der Waals surface area contributed by atoms with Crippen molar-refractivity contribution in [3.63, 3.8) is 0 Å². The number of amides is 1. The van der Waals surface area contributed by atoms with E-state index in [1.165, 1.54) is 5.56 Å². The van der Waals surface area contributed by atoms with Crippen molar-refractivity contribution in [2.24, 2.45) is 11.7 Å². The molecule has 1 fully saturated rings. The van der Waals surface area contributed by atoms with E-state index in [1.807, 2.05) is 41.3 Å². The van der Waals surface area contributed by atoms with Gasteiger partial charge in [0.15, 0.2) is 0 Å². The number of fused-ring (bicyclic) bond motifs is 1. The van der Waals surface area contributed by atoms with Gasteiger partial charge in [-0.3, -0.25) is 4.79 Å². The first-order valence-electron chi connectivity index (χ1n) is 9.73. The summed E-state index contributed by atoms with van der Waals surface area (Å²) in [5.41, 5.74) is 9.46. The summed E-state index contributed by atoms with van der Waals surface area (Å²) in [5.74, 6) is 0.427. The fourth-order valence-electron chi connectivity index (χ4n) is 3.83. The number of carbonyl (C=O) groups is 1. The predicted octanol–water partition coefficient (Wildman–Crippen LogP) is 3.90. The molecule has 0 spiro atoms. The number of aromatic amines is 1. The van der Waals surface area contributed by atoms with Crippen LogP contribution in [-0.2, 0) is 6.42 Å². The number of anilines is 1. The molecule has 3 aromatic rings. The quantitative estimate of drug-likeness (QED) is 0.591. The molecule has 6 heteroatoms. The van der Waals surface area contributed by atoms with E-state index in [2.05, 4.69) is 22.4 Å². The number of nitrogens with two attached hydrogens (primary N) is 1. The number of aromatic nitrogens is 1. The van der Waals surface area contributed by atoms with Gasteiger partial charge in [-0.25, -0.2) is 0 Å². The number of nitrogens with zero attached hydrogens (tertiary/aromatic N) is 1. The van der Waals surface area contributed by atoms with Crippen LogP contribution in [0.25, 0.3) is 10.9 Å². The van der Waals surface area contributed by atoms with Crippen LogP contribution < -0.4 is 11.1 Å². The van der Waals surface area contributed by atoms with Gasteiger partial charge in [0.05, 0.1) is 11.2 Å². The van der Waals surface area contributed by atoms with Crippen molar-refractivity contribution in [1.29, 1.82) is 0 Å². The molecule has 5 nitrogen and oxygen atoms in total. The Kier molecular flexibility index (Phi) is 5.55. The van der Waals surface area contributed by atoms with E-state index in [9.17, 15) is 4.79 Å². The molecule has 1 aliphatic heterocycles. The fraction of sp³-hybridized carbons (Fsp3) is 0.318. The van der Waals surface area contributed by atoms with Crippen LogP contribution in [-0.4, -0.2) is 42.0 Å². The highest BCUT2D eigenvalue weighted by Gasteiger charge is 2.27. The molecule has 0 aliphatic carbocycles. The minimum atomic E-state index is 0.0264. The predicted molar refractivity (Wildman–Crippen MR) is 115 cm³/mol. The largest absolute Gasteiger partial charge is 0.383 e. The van der Waals surface area contributed by atoms with Gasteiger partial charge in [-0.15, -0.1) is 0 Å². The molecular formula is C22H25ClN4O. The Bertz CT molecular complexity index is 969. The lowest BCUT2D eigenvalue weighted by Gasteiger charge is -2.15. The van der Waals surface area contributed by atoms with Gasteiger partial charge in [-0.2, -0.15) is 0 Å². The van der Waals surface area contributed by atoms with Crippen LogP contribution in [0.2, 0.25) is 5.02 Å². The van der Waals surface area contributed by atoms with Gasteiger partial charge in [-0.1, -0.05) is 41.9 Å². The highest BCUT2D eigenvalue weighted by Crippen LogP contribution is 2.29. The third-order valence-corrected chi connectivity index (χ3v) is 5.62.